The van der Waals surface area contributed by atoms with Crippen molar-refractivity contribution in [3.63, 3.8) is 0 Å². The summed E-state index contributed by atoms with van der Waals surface area (Å²) in [5, 5.41) is 10.6. The Bertz CT molecular complexity index is 473. The molecule has 1 aliphatic heterocycles. The van der Waals surface area contributed by atoms with Gasteiger partial charge in [-0.05, 0) is 119 Å². The first-order valence-electron chi connectivity index (χ1n) is 11.1. The molecule has 0 aromatic carbocycles. The summed E-state index contributed by atoms with van der Waals surface area (Å²) in [5.41, 5.74) is 0.265. The van der Waals surface area contributed by atoms with Crippen molar-refractivity contribution in [3.8, 4) is 0 Å². The van der Waals surface area contributed by atoms with Crippen LogP contribution >= 0.6 is 0 Å². The number of rotatable bonds is 1. The van der Waals surface area contributed by atoms with Crippen LogP contribution in [0.2, 0.25) is 0 Å². The molecule has 0 amide bonds. The first-order chi connectivity index (χ1) is 11.7. The van der Waals surface area contributed by atoms with Crippen LogP contribution in [0.3, 0.4) is 0 Å². The normalized spacial score (nSPS) is 55.0. The summed E-state index contributed by atoms with van der Waals surface area (Å²) >= 11 is 0. The first-order valence-corrected chi connectivity index (χ1v) is 11.1. The average Bonchev–Trinajstić information content (AvgIpc) is 3.23. The highest BCUT2D eigenvalue weighted by molar-refractivity contribution is 5.06. The fourth-order valence-corrected chi connectivity index (χ4v) is 8.24. The lowest BCUT2D eigenvalue weighted by Gasteiger charge is -2.56. The Morgan fingerprint density at radius 1 is 0.833 bits per heavy atom. The topological polar surface area (TPSA) is 23.5 Å². The van der Waals surface area contributed by atoms with E-state index < -0.39 is 0 Å². The van der Waals surface area contributed by atoms with Crippen LogP contribution in [0, 0.1) is 35.0 Å². The zero-order chi connectivity index (χ0) is 16.3. The summed E-state index contributed by atoms with van der Waals surface area (Å²) in [6.07, 6.45) is 15.5. The maximum atomic E-state index is 10.6. The quantitative estimate of drug-likeness (QED) is 0.766. The van der Waals surface area contributed by atoms with Gasteiger partial charge in [-0.2, -0.15) is 0 Å². The summed E-state index contributed by atoms with van der Waals surface area (Å²) in [6, 6.07) is 0.924. The summed E-state index contributed by atoms with van der Waals surface area (Å²) in [7, 11) is 0. The molecule has 2 heteroatoms. The molecule has 24 heavy (non-hydrogen) atoms. The van der Waals surface area contributed by atoms with E-state index in [1.165, 1.54) is 77.3 Å². The first kappa shape index (κ1) is 16.1. The van der Waals surface area contributed by atoms with Crippen LogP contribution in [0.15, 0.2) is 0 Å². The highest BCUT2D eigenvalue weighted by Crippen LogP contribution is 2.62. The van der Waals surface area contributed by atoms with Gasteiger partial charge in [0.15, 0.2) is 0 Å². The molecule has 5 fully saturated rings. The van der Waals surface area contributed by atoms with E-state index >= 15 is 0 Å². The van der Waals surface area contributed by atoms with E-state index in [9.17, 15) is 5.11 Å². The molecular formula is C22H37NO. The molecule has 5 rings (SSSR count). The molecular weight excluding hydrogens is 294 g/mol. The number of fused-ring (bicyclic) bond motifs is 5. The molecule has 2 nitrogen and oxygen atoms in total. The van der Waals surface area contributed by atoms with Gasteiger partial charge in [-0.1, -0.05) is 6.92 Å². The number of aliphatic hydroxyl groups excluding tert-OH is 1. The largest absolute Gasteiger partial charge is 0.393 e. The summed E-state index contributed by atoms with van der Waals surface area (Å²) in [6.45, 7) is 5.18. The third kappa shape index (κ3) is 2.35. The number of hydrogen-bond donors (Lipinski definition) is 1. The smallest absolute Gasteiger partial charge is 0.0596 e. The second-order valence-corrected chi connectivity index (χ2v) is 10.3. The van der Waals surface area contributed by atoms with E-state index in [0.717, 1.165) is 42.1 Å². The fourth-order valence-electron chi connectivity index (χ4n) is 8.24. The minimum Gasteiger partial charge on any atom is -0.393 e. The van der Waals surface area contributed by atoms with Gasteiger partial charge in [0, 0.05) is 6.04 Å². The minimum atomic E-state index is -0.00734. The van der Waals surface area contributed by atoms with Crippen LogP contribution in [0.4, 0.5) is 0 Å². The van der Waals surface area contributed by atoms with Crippen molar-refractivity contribution < 1.29 is 5.11 Å². The number of aliphatic hydroxyl groups is 1. The van der Waals surface area contributed by atoms with E-state index in [4.69, 9.17) is 0 Å². The standard InChI is InChI=1S/C22H37NO/c1-22-11-10-18-17-7-5-16(23-12-2-3-13-23)14-15(17)4-6-19(18)20(22)8-9-21(22)24/h15-21,24H,2-14H2,1H3. The molecule has 8 atom stereocenters. The minimum absolute atomic E-state index is 0.00734. The Hall–Kier alpha value is -0.0800. The van der Waals surface area contributed by atoms with Crippen molar-refractivity contribution >= 4 is 0 Å². The second-order valence-electron chi connectivity index (χ2n) is 10.3. The van der Waals surface area contributed by atoms with Crippen LogP contribution < -0.4 is 0 Å². The SMILES string of the molecule is CC12CCC3C4CCC(N5CCCC5)CC4CCC3C1CCC2O. The fraction of sp³-hybridized carbons (Fsp3) is 1.00. The van der Waals surface area contributed by atoms with Crippen molar-refractivity contribution in [3.05, 3.63) is 0 Å². The van der Waals surface area contributed by atoms with Gasteiger partial charge in [0.05, 0.1) is 6.10 Å². The van der Waals surface area contributed by atoms with Gasteiger partial charge < -0.3 is 10.0 Å². The molecule has 0 aromatic heterocycles. The van der Waals surface area contributed by atoms with E-state index in [1.807, 2.05) is 0 Å². The number of hydrogen-bond acceptors (Lipinski definition) is 2. The molecule has 1 heterocycles. The summed E-state index contributed by atoms with van der Waals surface area (Å²) in [5.74, 6) is 4.85. The molecule has 1 N–H and O–H groups in total. The van der Waals surface area contributed by atoms with Gasteiger partial charge in [0.1, 0.15) is 0 Å². The van der Waals surface area contributed by atoms with Gasteiger partial charge in [-0.25, -0.2) is 0 Å². The Labute approximate surface area is 148 Å². The summed E-state index contributed by atoms with van der Waals surface area (Å²) in [4.78, 5) is 2.83. The summed E-state index contributed by atoms with van der Waals surface area (Å²) < 4.78 is 0. The Kier molecular flexibility index (Phi) is 4.02. The molecule has 0 radical (unpaired) electrons. The van der Waals surface area contributed by atoms with Crippen LogP contribution in [0.25, 0.3) is 0 Å². The van der Waals surface area contributed by atoms with Crippen molar-refractivity contribution in [2.75, 3.05) is 13.1 Å². The lowest BCUT2D eigenvalue weighted by Crippen LogP contribution is -2.51. The van der Waals surface area contributed by atoms with E-state index in [-0.39, 0.29) is 11.5 Å². The molecule has 1 saturated heterocycles. The lowest BCUT2D eigenvalue weighted by molar-refractivity contribution is -0.0869. The predicted molar refractivity (Wildman–Crippen MR) is 97.7 cm³/mol. The zero-order valence-corrected chi connectivity index (χ0v) is 15.6. The third-order valence-corrected chi connectivity index (χ3v) is 9.53. The van der Waals surface area contributed by atoms with Gasteiger partial charge in [-0.3, -0.25) is 0 Å². The van der Waals surface area contributed by atoms with Crippen LogP contribution in [0.1, 0.15) is 77.6 Å². The maximum absolute atomic E-state index is 10.6. The Morgan fingerprint density at radius 2 is 1.62 bits per heavy atom. The molecule has 0 aromatic rings. The highest BCUT2D eigenvalue weighted by Gasteiger charge is 2.56. The molecule has 8 unspecified atom stereocenters. The van der Waals surface area contributed by atoms with Crippen molar-refractivity contribution in [2.45, 2.75) is 89.7 Å². The predicted octanol–water partition coefficient (Wildman–Crippen LogP) is 4.46. The van der Waals surface area contributed by atoms with Crippen LogP contribution in [-0.4, -0.2) is 35.2 Å². The van der Waals surface area contributed by atoms with Gasteiger partial charge in [0.2, 0.25) is 0 Å². The van der Waals surface area contributed by atoms with Gasteiger partial charge in [-0.15, -0.1) is 0 Å². The van der Waals surface area contributed by atoms with Crippen LogP contribution in [0.5, 0.6) is 0 Å². The molecule has 136 valence electrons. The van der Waals surface area contributed by atoms with Gasteiger partial charge in [0.25, 0.3) is 0 Å². The van der Waals surface area contributed by atoms with Crippen LogP contribution in [-0.2, 0) is 0 Å². The van der Waals surface area contributed by atoms with E-state index in [0.29, 0.717) is 0 Å². The molecule has 0 spiro atoms. The Balaban J connectivity index is 1.30. The number of likely N-dealkylation sites (tertiary alicyclic amines) is 1. The van der Waals surface area contributed by atoms with E-state index in [2.05, 4.69) is 11.8 Å². The second kappa shape index (κ2) is 5.98. The monoisotopic (exact) mass is 331 g/mol. The molecule has 0 bridgehead atoms. The average molecular weight is 332 g/mol. The van der Waals surface area contributed by atoms with Gasteiger partial charge >= 0.3 is 0 Å². The molecule has 5 aliphatic rings. The third-order valence-electron chi connectivity index (χ3n) is 9.53. The lowest BCUT2D eigenvalue weighted by atomic mass is 9.50. The van der Waals surface area contributed by atoms with Crippen molar-refractivity contribution in [2.24, 2.45) is 35.0 Å². The molecule has 4 aliphatic carbocycles. The highest BCUT2D eigenvalue weighted by atomic mass is 16.3. The Morgan fingerprint density at radius 3 is 2.46 bits per heavy atom. The van der Waals surface area contributed by atoms with Crippen molar-refractivity contribution in [1.29, 1.82) is 0 Å². The van der Waals surface area contributed by atoms with E-state index in [1.54, 1.807) is 0 Å². The number of nitrogens with zero attached hydrogens (tertiary/aromatic N) is 1. The zero-order valence-electron chi connectivity index (χ0n) is 15.6. The molecule has 4 saturated carbocycles. The maximum Gasteiger partial charge on any atom is 0.0596 e. The van der Waals surface area contributed by atoms with Crippen molar-refractivity contribution in [1.82, 2.24) is 4.90 Å².